The molecule has 0 unspecified atom stereocenters. The monoisotopic (exact) mass is 295 g/mol. The number of benzene rings is 1. The lowest BCUT2D eigenvalue weighted by Crippen LogP contribution is -2.35. The number of halogens is 1. The zero-order valence-corrected chi connectivity index (χ0v) is 13.2. The fourth-order valence-corrected chi connectivity index (χ4v) is 2.31. The summed E-state index contributed by atoms with van der Waals surface area (Å²) in [5.41, 5.74) is 0.863. The van der Waals surface area contributed by atoms with Crippen LogP contribution in [-0.4, -0.2) is 25.4 Å². The molecular formula is C17H26FNO2. The van der Waals surface area contributed by atoms with Crippen LogP contribution in [0, 0.1) is 11.7 Å². The molecule has 118 valence electrons. The van der Waals surface area contributed by atoms with E-state index in [2.05, 4.69) is 26.1 Å². The van der Waals surface area contributed by atoms with Crippen molar-refractivity contribution in [3.63, 3.8) is 0 Å². The normalized spacial score (nSPS) is 17.0. The summed E-state index contributed by atoms with van der Waals surface area (Å²) in [5.74, 6) is 1.09. The number of nitrogens with one attached hydrogen (secondary N) is 1. The number of hydrogen-bond acceptors (Lipinski definition) is 3. The first-order valence-electron chi connectivity index (χ1n) is 7.68. The van der Waals surface area contributed by atoms with Gasteiger partial charge in [0.1, 0.15) is 11.6 Å². The first-order chi connectivity index (χ1) is 9.94. The molecule has 0 amide bonds. The maximum absolute atomic E-state index is 13.5. The van der Waals surface area contributed by atoms with Crippen molar-refractivity contribution in [3.05, 3.63) is 29.6 Å². The van der Waals surface area contributed by atoms with Crippen LogP contribution in [0.1, 0.15) is 39.2 Å². The number of ether oxygens (including phenoxy) is 2. The van der Waals surface area contributed by atoms with Gasteiger partial charge in [-0.2, -0.15) is 0 Å². The van der Waals surface area contributed by atoms with E-state index in [1.165, 1.54) is 6.07 Å². The lowest BCUT2D eigenvalue weighted by Gasteiger charge is -2.24. The van der Waals surface area contributed by atoms with Gasteiger partial charge in [0.25, 0.3) is 0 Å². The molecule has 1 fully saturated rings. The summed E-state index contributed by atoms with van der Waals surface area (Å²) in [6, 6.07) is 4.74. The van der Waals surface area contributed by atoms with E-state index in [1.807, 2.05) is 0 Å². The molecule has 0 aromatic heterocycles. The predicted octanol–water partition coefficient (Wildman–Crippen LogP) is 3.52. The number of hydrogen-bond donors (Lipinski definition) is 1. The summed E-state index contributed by atoms with van der Waals surface area (Å²) in [6.45, 7) is 9.19. The minimum absolute atomic E-state index is 0.00963. The summed E-state index contributed by atoms with van der Waals surface area (Å²) in [5, 5.41) is 3.38. The molecule has 3 nitrogen and oxygen atoms in total. The number of rotatable bonds is 5. The largest absolute Gasteiger partial charge is 0.493 e. The molecule has 1 aliphatic rings. The van der Waals surface area contributed by atoms with Crippen molar-refractivity contribution in [3.8, 4) is 5.75 Å². The lowest BCUT2D eigenvalue weighted by atomic mass is 10.0. The first-order valence-corrected chi connectivity index (χ1v) is 7.68. The quantitative estimate of drug-likeness (QED) is 0.901. The van der Waals surface area contributed by atoms with Gasteiger partial charge in [-0.25, -0.2) is 4.39 Å². The van der Waals surface area contributed by atoms with E-state index in [0.717, 1.165) is 37.4 Å². The molecule has 21 heavy (non-hydrogen) atoms. The Morgan fingerprint density at radius 3 is 2.67 bits per heavy atom. The van der Waals surface area contributed by atoms with Gasteiger partial charge in [0.2, 0.25) is 0 Å². The predicted molar refractivity (Wildman–Crippen MR) is 82.0 cm³/mol. The van der Waals surface area contributed by atoms with Crippen LogP contribution in [-0.2, 0) is 11.3 Å². The Kier molecular flexibility index (Phi) is 5.59. The molecular weight excluding hydrogens is 269 g/mol. The average molecular weight is 295 g/mol. The third-order valence-electron chi connectivity index (χ3n) is 3.65. The van der Waals surface area contributed by atoms with Gasteiger partial charge in [0, 0.05) is 30.9 Å². The Bertz CT molecular complexity index is 451. The molecule has 0 atom stereocenters. The van der Waals surface area contributed by atoms with Gasteiger partial charge < -0.3 is 14.8 Å². The van der Waals surface area contributed by atoms with E-state index in [4.69, 9.17) is 9.47 Å². The van der Waals surface area contributed by atoms with Crippen LogP contribution in [0.15, 0.2) is 18.2 Å². The average Bonchev–Trinajstić information content (AvgIpc) is 2.44. The van der Waals surface area contributed by atoms with Crippen LogP contribution in [0.3, 0.4) is 0 Å². The van der Waals surface area contributed by atoms with Gasteiger partial charge in [0.15, 0.2) is 0 Å². The van der Waals surface area contributed by atoms with Crippen LogP contribution >= 0.6 is 0 Å². The fraction of sp³-hybridized carbons (Fsp3) is 0.647. The summed E-state index contributed by atoms with van der Waals surface area (Å²) in [6.07, 6.45) is 2.08. The third-order valence-corrected chi connectivity index (χ3v) is 3.65. The molecule has 0 saturated carbocycles. The Morgan fingerprint density at radius 2 is 2.00 bits per heavy atom. The van der Waals surface area contributed by atoms with E-state index >= 15 is 0 Å². The third kappa shape index (κ3) is 5.64. The van der Waals surface area contributed by atoms with Crippen LogP contribution in [0.25, 0.3) is 0 Å². The van der Waals surface area contributed by atoms with E-state index in [0.29, 0.717) is 19.1 Å². The molecule has 4 heteroatoms. The van der Waals surface area contributed by atoms with Crippen LogP contribution < -0.4 is 10.1 Å². The summed E-state index contributed by atoms with van der Waals surface area (Å²) < 4.78 is 24.7. The van der Waals surface area contributed by atoms with Crippen molar-refractivity contribution in [2.75, 3.05) is 19.8 Å². The summed E-state index contributed by atoms with van der Waals surface area (Å²) in [7, 11) is 0. The SMILES string of the molecule is CC(C)(C)NCc1cc(F)ccc1OCC1CCOCC1. The van der Waals surface area contributed by atoms with Crippen molar-refractivity contribution < 1.29 is 13.9 Å². The molecule has 1 aliphatic heterocycles. The van der Waals surface area contributed by atoms with Gasteiger partial charge in [-0.3, -0.25) is 0 Å². The minimum Gasteiger partial charge on any atom is -0.493 e. The van der Waals surface area contributed by atoms with E-state index in [-0.39, 0.29) is 11.4 Å². The minimum atomic E-state index is -0.223. The fourth-order valence-electron chi connectivity index (χ4n) is 2.31. The van der Waals surface area contributed by atoms with Crippen LogP contribution in [0.2, 0.25) is 0 Å². The summed E-state index contributed by atoms with van der Waals surface area (Å²) in [4.78, 5) is 0. The zero-order valence-electron chi connectivity index (χ0n) is 13.2. The van der Waals surface area contributed by atoms with Gasteiger partial charge in [0.05, 0.1) is 6.61 Å². The van der Waals surface area contributed by atoms with Crippen molar-refractivity contribution in [2.45, 2.75) is 45.7 Å². The first kappa shape index (κ1) is 16.2. The molecule has 1 aromatic rings. The lowest BCUT2D eigenvalue weighted by molar-refractivity contribution is 0.0496. The van der Waals surface area contributed by atoms with Crippen LogP contribution in [0.4, 0.5) is 4.39 Å². The Morgan fingerprint density at radius 1 is 1.29 bits per heavy atom. The standard InChI is InChI=1S/C17H26FNO2/c1-17(2,3)19-11-14-10-15(18)4-5-16(14)21-12-13-6-8-20-9-7-13/h4-5,10,13,19H,6-9,11-12H2,1-3H3. The highest BCUT2D eigenvalue weighted by Crippen LogP contribution is 2.23. The van der Waals surface area contributed by atoms with Gasteiger partial charge in [-0.1, -0.05) is 0 Å². The zero-order chi connectivity index (χ0) is 15.3. The smallest absolute Gasteiger partial charge is 0.123 e. The molecule has 2 rings (SSSR count). The van der Waals surface area contributed by atoms with Crippen molar-refractivity contribution >= 4 is 0 Å². The highest BCUT2D eigenvalue weighted by Gasteiger charge is 2.16. The Hall–Kier alpha value is -1.13. The molecule has 0 spiro atoms. The van der Waals surface area contributed by atoms with Crippen molar-refractivity contribution in [1.82, 2.24) is 5.32 Å². The van der Waals surface area contributed by atoms with Gasteiger partial charge in [-0.05, 0) is 57.7 Å². The highest BCUT2D eigenvalue weighted by molar-refractivity contribution is 5.34. The van der Waals surface area contributed by atoms with Crippen molar-refractivity contribution in [1.29, 1.82) is 0 Å². The maximum atomic E-state index is 13.5. The second-order valence-corrected chi connectivity index (χ2v) is 6.72. The maximum Gasteiger partial charge on any atom is 0.123 e. The molecule has 0 bridgehead atoms. The molecule has 1 N–H and O–H groups in total. The van der Waals surface area contributed by atoms with E-state index in [9.17, 15) is 4.39 Å². The second-order valence-electron chi connectivity index (χ2n) is 6.72. The Labute approximate surface area is 126 Å². The highest BCUT2D eigenvalue weighted by atomic mass is 19.1. The molecule has 0 aliphatic carbocycles. The molecule has 0 radical (unpaired) electrons. The molecule has 1 heterocycles. The van der Waals surface area contributed by atoms with Crippen LogP contribution in [0.5, 0.6) is 5.75 Å². The van der Waals surface area contributed by atoms with E-state index < -0.39 is 0 Å². The van der Waals surface area contributed by atoms with Gasteiger partial charge >= 0.3 is 0 Å². The van der Waals surface area contributed by atoms with E-state index in [1.54, 1.807) is 12.1 Å². The molecule has 1 aromatic carbocycles. The van der Waals surface area contributed by atoms with Crippen molar-refractivity contribution in [2.24, 2.45) is 5.92 Å². The topological polar surface area (TPSA) is 30.5 Å². The second kappa shape index (κ2) is 7.23. The van der Waals surface area contributed by atoms with Gasteiger partial charge in [-0.15, -0.1) is 0 Å². The molecule has 1 saturated heterocycles. The summed E-state index contributed by atoms with van der Waals surface area (Å²) >= 11 is 0. The Balaban J connectivity index is 1.96.